The van der Waals surface area contributed by atoms with E-state index in [0.717, 1.165) is 25.3 Å². The van der Waals surface area contributed by atoms with E-state index < -0.39 is 110 Å². The molecule has 324 valence electrons. The summed E-state index contributed by atoms with van der Waals surface area (Å²) < 4.78 is 61.1. The van der Waals surface area contributed by atoms with Gasteiger partial charge in [0.05, 0.1) is 43.0 Å². The highest BCUT2D eigenvalue weighted by atomic mass is 32.2. The van der Waals surface area contributed by atoms with Gasteiger partial charge in [0.15, 0.2) is 28.5 Å². The second-order valence-electron chi connectivity index (χ2n) is 18.1. The van der Waals surface area contributed by atoms with Gasteiger partial charge in [-0.3, -0.25) is 23.7 Å². The molecule has 0 radical (unpaired) electrons. The van der Waals surface area contributed by atoms with Crippen LogP contribution in [0.15, 0.2) is 47.8 Å². The number of H-pyrrole nitrogens is 1. The zero-order valence-corrected chi connectivity index (χ0v) is 37.9. The van der Waals surface area contributed by atoms with Crippen molar-refractivity contribution in [3.8, 4) is 11.8 Å². The molecule has 3 aliphatic rings. The van der Waals surface area contributed by atoms with E-state index in [1.54, 1.807) is 0 Å². The summed E-state index contributed by atoms with van der Waals surface area (Å²) in [6.07, 6.45) is -3.36. The summed E-state index contributed by atoms with van der Waals surface area (Å²) in [7, 11) is -9.70. The molecule has 23 heteroatoms. The molecule has 4 N–H and O–H groups in total. The van der Waals surface area contributed by atoms with Crippen LogP contribution in [0.5, 0.6) is 0 Å². The second kappa shape index (κ2) is 16.1. The van der Waals surface area contributed by atoms with Crippen LogP contribution in [0.3, 0.4) is 0 Å². The van der Waals surface area contributed by atoms with Gasteiger partial charge in [-0.05, 0) is 48.7 Å². The number of aromatic nitrogens is 4. The molecule has 59 heavy (non-hydrogen) atoms. The zero-order valence-electron chi connectivity index (χ0n) is 35.1. The van der Waals surface area contributed by atoms with Gasteiger partial charge in [-0.15, -0.1) is 0 Å². The van der Waals surface area contributed by atoms with Gasteiger partial charge in [-0.25, -0.2) is 18.3 Å². The van der Waals surface area contributed by atoms with Gasteiger partial charge >= 0.3 is 11.4 Å². The molecular formula is C36H54N8O12SSi2. The van der Waals surface area contributed by atoms with E-state index in [0.29, 0.717) is 0 Å². The standard InChI is InChI=1S/C36H54N8O12SSi2/c1-21-16-44(33(49)42(30(21)47)14-12-13-22-17-43(32(48)39-29(22)46)27-15-23(40-41-38)24(18-45)53-27)31-28(55-59(10,11)35(5,6)7)36(25(37)20-57(50,51)56-36)26(54-31)19-52-58(8,9)34(2,3)4/h16-17,20,23-24,26-28,31,45H,14-15,18-19,37H2,1-11H3,(H,39,46,48)/t23-,24+,26+,27+,28-,31+,36+/m0/s1. The van der Waals surface area contributed by atoms with E-state index in [-0.39, 0.29) is 34.9 Å². The normalized spacial score (nSPS) is 27.0. The Morgan fingerprint density at radius 1 is 1.07 bits per heavy atom. The first kappa shape index (κ1) is 46.0. The summed E-state index contributed by atoms with van der Waals surface area (Å²) in [5.74, 6) is 5.29. The van der Waals surface area contributed by atoms with E-state index in [2.05, 4.69) is 26.9 Å². The fourth-order valence-corrected chi connectivity index (χ4v) is 10.0. The minimum atomic E-state index is -4.35. The molecule has 0 bridgehead atoms. The number of nitrogens with zero attached hydrogens (tertiary/aromatic N) is 6. The molecule has 2 saturated heterocycles. The summed E-state index contributed by atoms with van der Waals surface area (Å²) in [6, 6.07) is -0.776. The Bertz CT molecular complexity index is 2480. The average Bonchev–Trinajstić information content (AvgIpc) is 3.73. The van der Waals surface area contributed by atoms with E-state index in [1.807, 2.05) is 67.7 Å². The number of hydrogen-bond acceptors (Lipinski definition) is 14. The van der Waals surface area contributed by atoms with Crippen molar-refractivity contribution in [1.29, 1.82) is 0 Å². The number of nitrogens with one attached hydrogen (secondary N) is 1. The quantitative estimate of drug-likeness (QED) is 0.0774. The summed E-state index contributed by atoms with van der Waals surface area (Å²) in [4.78, 5) is 58.5. The van der Waals surface area contributed by atoms with Gasteiger partial charge in [-0.2, -0.15) is 8.42 Å². The smallest absolute Gasteiger partial charge is 0.334 e. The lowest BCUT2D eigenvalue weighted by atomic mass is 9.89. The first-order valence-electron chi connectivity index (χ1n) is 19.0. The minimum Gasteiger partial charge on any atom is -0.414 e. The number of aromatic amines is 1. The molecule has 0 aliphatic carbocycles. The maximum atomic E-state index is 14.4. The predicted octanol–water partition coefficient (Wildman–Crippen LogP) is 2.39. The summed E-state index contributed by atoms with van der Waals surface area (Å²) in [5.41, 5.74) is 9.93. The lowest BCUT2D eigenvalue weighted by Gasteiger charge is -2.43. The van der Waals surface area contributed by atoms with Gasteiger partial charge in [-0.1, -0.05) is 58.5 Å². The number of ether oxygens (including phenoxy) is 2. The first-order chi connectivity index (χ1) is 27.1. The van der Waals surface area contributed by atoms with Crippen LogP contribution in [0.1, 0.15) is 71.5 Å². The van der Waals surface area contributed by atoms with E-state index in [4.69, 9.17) is 33.8 Å². The Balaban J connectivity index is 1.60. The van der Waals surface area contributed by atoms with Crippen molar-refractivity contribution in [2.45, 2.75) is 140 Å². The topological polar surface area (TPSA) is 274 Å². The first-order valence-corrected chi connectivity index (χ1v) is 26.3. The lowest BCUT2D eigenvalue weighted by Crippen LogP contribution is -2.59. The van der Waals surface area contributed by atoms with Gasteiger partial charge in [0.25, 0.3) is 21.2 Å². The van der Waals surface area contributed by atoms with Crippen molar-refractivity contribution in [3.63, 3.8) is 0 Å². The molecule has 3 aliphatic heterocycles. The summed E-state index contributed by atoms with van der Waals surface area (Å²) in [5, 5.41) is 13.4. The van der Waals surface area contributed by atoms with Crippen molar-refractivity contribution < 1.29 is 36.0 Å². The van der Waals surface area contributed by atoms with E-state index >= 15 is 0 Å². The average molecular weight is 879 g/mol. The number of aryl methyl sites for hydroxylation is 1. The highest BCUT2D eigenvalue weighted by Crippen LogP contribution is 2.52. The van der Waals surface area contributed by atoms with Crippen LogP contribution in [0.2, 0.25) is 36.3 Å². The lowest BCUT2D eigenvalue weighted by molar-refractivity contribution is -0.0567. The molecule has 0 aromatic carbocycles. The summed E-state index contributed by atoms with van der Waals surface area (Å²) in [6.45, 7) is 20.3. The van der Waals surface area contributed by atoms with Crippen LogP contribution in [-0.4, -0.2) is 92.0 Å². The summed E-state index contributed by atoms with van der Waals surface area (Å²) >= 11 is 0. The Hall–Kier alpha value is -4.09. The van der Waals surface area contributed by atoms with Crippen molar-refractivity contribution in [2.24, 2.45) is 10.8 Å². The van der Waals surface area contributed by atoms with Gasteiger partial charge < -0.3 is 29.2 Å². The van der Waals surface area contributed by atoms with Gasteiger partial charge in [0.2, 0.25) is 0 Å². The van der Waals surface area contributed by atoms with Gasteiger partial charge in [0.1, 0.15) is 24.0 Å². The van der Waals surface area contributed by atoms with Crippen LogP contribution in [0.4, 0.5) is 0 Å². The molecular weight excluding hydrogens is 825 g/mol. The highest BCUT2D eigenvalue weighted by Gasteiger charge is 2.67. The van der Waals surface area contributed by atoms with Crippen LogP contribution in [0, 0.1) is 18.8 Å². The molecule has 2 fully saturated rings. The molecule has 0 unspecified atom stereocenters. The molecule has 0 saturated carbocycles. The zero-order chi connectivity index (χ0) is 44.3. The van der Waals surface area contributed by atoms with Crippen molar-refractivity contribution in [2.75, 3.05) is 13.2 Å². The fourth-order valence-electron chi connectivity index (χ4n) is 6.53. The molecule has 0 amide bonds. The molecule has 1 spiro atoms. The number of rotatable bonds is 10. The van der Waals surface area contributed by atoms with Crippen LogP contribution in [-0.2, 0) is 39.2 Å². The third kappa shape index (κ3) is 8.74. The Kier molecular flexibility index (Phi) is 12.5. The van der Waals surface area contributed by atoms with E-state index in [9.17, 15) is 32.7 Å². The van der Waals surface area contributed by atoms with E-state index in [1.165, 1.54) is 13.1 Å². The minimum absolute atomic E-state index is 0.0265. The highest BCUT2D eigenvalue weighted by molar-refractivity contribution is 7.90. The Morgan fingerprint density at radius 3 is 2.27 bits per heavy atom. The number of nitrogens with two attached hydrogens (primary N) is 1. The number of aliphatic hydroxyl groups is 1. The van der Waals surface area contributed by atoms with Crippen LogP contribution in [0.25, 0.3) is 10.4 Å². The third-order valence-corrected chi connectivity index (χ3v) is 22.0. The number of hydrogen-bond donors (Lipinski definition) is 3. The third-order valence-electron chi connectivity index (χ3n) is 12.0. The van der Waals surface area contributed by atoms with Crippen LogP contribution >= 0.6 is 0 Å². The van der Waals surface area contributed by atoms with Gasteiger partial charge in [0, 0.05) is 29.3 Å². The Morgan fingerprint density at radius 2 is 1.71 bits per heavy atom. The van der Waals surface area contributed by atoms with Crippen molar-refractivity contribution >= 4 is 26.8 Å². The molecule has 5 rings (SSSR count). The maximum absolute atomic E-state index is 14.4. The molecule has 2 aromatic heterocycles. The predicted molar refractivity (Wildman–Crippen MR) is 221 cm³/mol. The molecule has 2 aromatic rings. The monoisotopic (exact) mass is 878 g/mol. The Labute approximate surface area is 343 Å². The largest absolute Gasteiger partial charge is 0.414 e. The number of azide groups is 1. The second-order valence-corrected chi connectivity index (χ2v) is 29.0. The molecule has 7 atom stereocenters. The maximum Gasteiger partial charge on any atom is 0.334 e. The van der Waals surface area contributed by atoms with Crippen molar-refractivity contribution in [3.05, 3.63) is 86.7 Å². The molecule has 20 nitrogen and oxygen atoms in total. The molecule has 5 heterocycles. The number of aliphatic hydroxyl groups excluding tert-OH is 1. The fraction of sp³-hybridized carbons (Fsp3) is 0.667. The van der Waals surface area contributed by atoms with Crippen molar-refractivity contribution in [1.82, 2.24) is 18.7 Å². The van der Waals surface area contributed by atoms with Crippen LogP contribution < -0.4 is 28.2 Å². The SMILES string of the molecule is Cc1cn([C@@H]2O[C@H](CO[Si](C)(C)C(C)(C)C)[C@@]3(OS(=O)(=O)C=C3N)[C@H]2O[Si](C)(C)C(C)(C)C)c(=O)n(CC#Cc2cn([C@H]3C[C@H](N=[N+]=[N-])[C@@H](CO)O3)c(=O)[nH]c2=O)c1=O.